The molecule has 1 unspecified atom stereocenters. The zero-order valence-corrected chi connectivity index (χ0v) is 12.9. The van der Waals surface area contributed by atoms with E-state index in [0.29, 0.717) is 6.04 Å². The first-order valence-electron chi connectivity index (χ1n) is 7.19. The van der Waals surface area contributed by atoms with E-state index in [1.807, 2.05) is 6.07 Å². The molecule has 0 bridgehead atoms. The SMILES string of the molecule is CCc1cc2cnc(C#N)nc2n1C(CC)C(C)(C)C. The lowest BCUT2D eigenvalue weighted by Crippen LogP contribution is -2.25. The maximum absolute atomic E-state index is 9.02. The predicted molar refractivity (Wildman–Crippen MR) is 80.4 cm³/mol. The Labute approximate surface area is 120 Å². The fraction of sp³-hybridized carbons (Fsp3) is 0.562. The molecular weight excluding hydrogens is 248 g/mol. The molecule has 2 heterocycles. The molecule has 0 aliphatic heterocycles. The molecule has 0 N–H and O–H groups in total. The van der Waals surface area contributed by atoms with Gasteiger partial charge in [0.25, 0.3) is 0 Å². The normalized spacial score (nSPS) is 13.4. The van der Waals surface area contributed by atoms with Gasteiger partial charge in [0.15, 0.2) is 0 Å². The van der Waals surface area contributed by atoms with Crippen LogP contribution in [0.1, 0.15) is 58.6 Å². The molecule has 0 amide bonds. The molecule has 2 aromatic heterocycles. The van der Waals surface area contributed by atoms with Gasteiger partial charge in [-0.15, -0.1) is 0 Å². The van der Waals surface area contributed by atoms with Gasteiger partial charge in [0, 0.05) is 23.3 Å². The Morgan fingerprint density at radius 2 is 2.05 bits per heavy atom. The van der Waals surface area contributed by atoms with Crippen LogP contribution < -0.4 is 0 Å². The summed E-state index contributed by atoms with van der Waals surface area (Å²) >= 11 is 0. The van der Waals surface area contributed by atoms with Crippen molar-refractivity contribution < 1.29 is 0 Å². The first-order valence-corrected chi connectivity index (χ1v) is 7.19. The van der Waals surface area contributed by atoms with E-state index in [9.17, 15) is 0 Å². The summed E-state index contributed by atoms with van der Waals surface area (Å²) in [6.07, 6.45) is 3.74. The number of fused-ring (bicyclic) bond motifs is 1. The summed E-state index contributed by atoms with van der Waals surface area (Å²) in [4.78, 5) is 8.51. The van der Waals surface area contributed by atoms with Crippen LogP contribution in [0.25, 0.3) is 11.0 Å². The Hall–Kier alpha value is -1.89. The lowest BCUT2D eigenvalue weighted by molar-refractivity contribution is 0.236. The van der Waals surface area contributed by atoms with Crippen LogP contribution >= 0.6 is 0 Å². The summed E-state index contributed by atoms with van der Waals surface area (Å²) in [7, 11) is 0. The van der Waals surface area contributed by atoms with Crippen molar-refractivity contribution in [1.82, 2.24) is 14.5 Å². The van der Waals surface area contributed by atoms with Crippen LogP contribution in [0.2, 0.25) is 0 Å². The maximum atomic E-state index is 9.02. The van der Waals surface area contributed by atoms with E-state index < -0.39 is 0 Å². The number of aromatic nitrogens is 3. The van der Waals surface area contributed by atoms with Crippen LogP contribution in [0.5, 0.6) is 0 Å². The Kier molecular flexibility index (Phi) is 3.80. The Balaban J connectivity index is 2.74. The van der Waals surface area contributed by atoms with Gasteiger partial charge in [-0.3, -0.25) is 0 Å². The third-order valence-corrected chi connectivity index (χ3v) is 3.82. The average Bonchev–Trinajstić information content (AvgIpc) is 2.76. The number of nitriles is 1. The summed E-state index contributed by atoms with van der Waals surface area (Å²) < 4.78 is 2.30. The first kappa shape index (κ1) is 14.5. The van der Waals surface area contributed by atoms with Gasteiger partial charge in [0.05, 0.1) is 0 Å². The molecule has 0 saturated carbocycles. The highest BCUT2D eigenvalue weighted by atomic mass is 15.1. The molecular formula is C16H22N4. The fourth-order valence-corrected chi connectivity index (χ4v) is 2.92. The van der Waals surface area contributed by atoms with Crippen LogP contribution in [-0.2, 0) is 6.42 Å². The monoisotopic (exact) mass is 270 g/mol. The van der Waals surface area contributed by atoms with Gasteiger partial charge in [0.2, 0.25) is 5.82 Å². The lowest BCUT2D eigenvalue weighted by Gasteiger charge is -2.33. The molecule has 0 radical (unpaired) electrons. The van der Waals surface area contributed by atoms with Crippen molar-refractivity contribution in [1.29, 1.82) is 5.26 Å². The van der Waals surface area contributed by atoms with E-state index in [4.69, 9.17) is 5.26 Å². The zero-order valence-electron chi connectivity index (χ0n) is 12.9. The second-order valence-corrected chi connectivity index (χ2v) is 6.23. The topological polar surface area (TPSA) is 54.5 Å². The van der Waals surface area contributed by atoms with E-state index in [2.05, 4.69) is 55.2 Å². The molecule has 0 aliphatic rings. The fourth-order valence-electron chi connectivity index (χ4n) is 2.92. The third-order valence-electron chi connectivity index (χ3n) is 3.82. The molecule has 0 aliphatic carbocycles. The molecule has 106 valence electrons. The highest BCUT2D eigenvalue weighted by molar-refractivity contribution is 5.77. The van der Waals surface area contributed by atoms with Crippen molar-refractivity contribution in [2.24, 2.45) is 5.41 Å². The van der Waals surface area contributed by atoms with Crippen LogP contribution in [-0.4, -0.2) is 14.5 Å². The zero-order chi connectivity index (χ0) is 14.9. The van der Waals surface area contributed by atoms with Gasteiger partial charge < -0.3 is 4.57 Å². The summed E-state index contributed by atoms with van der Waals surface area (Å²) in [6.45, 7) is 11.1. The van der Waals surface area contributed by atoms with Gasteiger partial charge in [0.1, 0.15) is 11.7 Å². The van der Waals surface area contributed by atoms with Crippen LogP contribution in [0.4, 0.5) is 0 Å². The van der Waals surface area contributed by atoms with E-state index in [1.54, 1.807) is 6.20 Å². The van der Waals surface area contributed by atoms with Gasteiger partial charge in [-0.1, -0.05) is 34.6 Å². The maximum Gasteiger partial charge on any atom is 0.234 e. The second kappa shape index (κ2) is 5.24. The van der Waals surface area contributed by atoms with Crippen molar-refractivity contribution in [2.45, 2.75) is 53.5 Å². The highest BCUT2D eigenvalue weighted by Crippen LogP contribution is 2.37. The van der Waals surface area contributed by atoms with Crippen molar-refractivity contribution >= 4 is 11.0 Å². The molecule has 0 aromatic carbocycles. The molecule has 2 rings (SSSR count). The van der Waals surface area contributed by atoms with Crippen molar-refractivity contribution in [3.63, 3.8) is 0 Å². The largest absolute Gasteiger partial charge is 0.326 e. The number of aryl methyl sites for hydroxylation is 1. The number of rotatable bonds is 3. The number of hydrogen-bond donors (Lipinski definition) is 0. The molecule has 20 heavy (non-hydrogen) atoms. The van der Waals surface area contributed by atoms with Crippen LogP contribution in [0, 0.1) is 16.7 Å². The van der Waals surface area contributed by atoms with Crippen molar-refractivity contribution in [3.05, 3.63) is 23.8 Å². The van der Waals surface area contributed by atoms with Crippen molar-refractivity contribution in [2.75, 3.05) is 0 Å². The van der Waals surface area contributed by atoms with Gasteiger partial charge in [-0.2, -0.15) is 5.26 Å². The van der Waals surface area contributed by atoms with E-state index in [0.717, 1.165) is 23.9 Å². The molecule has 0 spiro atoms. The quantitative estimate of drug-likeness (QED) is 0.851. The average molecular weight is 270 g/mol. The van der Waals surface area contributed by atoms with Crippen LogP contribution in [0.3, 0.4) is 0 Å². The van der Waals surface area contributed by atoms with E-state index in [-0.39, 0.29) is 11.2 Å². The standard InChI is InChI=1S/C16H22N4/c1-6-12-8-11-10-18-14(9-17)19-15(11)20(12)13(7-2)16(3,4)5/h8,10,13H,6-7H2,1-5H3. The number of nitrogens with zero attached hydrogens (tertiary/aromatic N) is 4. The lowest BCUT2D eigenvalue weighted by atomic mass is 9.85. The molecule has 1 atom stereocenters. The molecule has 0 saturated heterocycles. The van der Waals surface area contributed by atoms with Gasteiger partial charge in [-0.05, 0) is 24.3 Å². The van der Waals surface area contributed by atoms with Crippen LogP contribution in [0.15, 0.2) is 12.3 Å². The van der Waals surface area contributed by atoms with E-state index >= 15 is 0 Å². The molecule has 4 heteroatoms. The minimum Gasteiger partial charge on any atom is -0.326 e. The highest BCUT2D eigenvalue weighted by Gasteiger charge is 2.28. The number of hydrogen-bond acceptors (Lipinski definition) is 3. The Bertz CT molecular complexity index is 655. The molecule has 4 nitrogen and oxygen atoms in total. The smallest absolute Gasteiger partial charge is 0.234 e. The predicted octanol–water partition coefficient (Wildman–Crippen LogP) is 3.86. The second-order valence-electron chi connectivity index (χ2n) is 6.23. The van der Waals surface area contributed by atoms with E-state index in [1.165, 1.54) is 5.69 Å². The third kappa shape index (κ3) is 2.40. The van der Waals surface area contributed by atoms with Gasteiger partial charge >= 0.3 is 0 Å². The first-order chi connectivity index (χ1) is 9.42. The summed E-state index contributed by atoms with van der Waals surface area (Å²) in [5, 5.41) is 10.0. The Morgan fingerprint density at radius 1 is 1.35 bits per heavy atom. The summed E-state index contributed by atoms with van der Waals surface area (Å²) in [6, 6.07) is 4.54. The summed E-state index contributed by atoms with van der Waals surface area (Å²) in [5.74, 6) is 0.239. The minimum atomic E-state index is 0.141. The summed E-state index contributed by atoms with van der Waals surface area (Å²) in [5.41, 5.74) is 2.28. The Morgan fingerprint density at radius 3 is 2.55 bits per heavy atom. The van der Waals surface area contributed by atoms with Crippen molar-refractivity contribution in [3.8, 4) is 6.07 Å². The molecule has 2 aromatic rings. The molecule has 0 fully saturated rings. The minimum absolute atomic E-state index is 0.141. The van der Waals surface area contributed by atoms with Gasteiger partial charge in [-0.25, -0.2) is 9.97 Å².